The van der Waals surface area contributed by atoms with E-state index in [9.17, 15) is 19.5 Å². The number of methoxy groups -OCH3 is 1. The van der Waals surface area contributed by atoms with E-state index in [1.54, 1.807) is 28.7 Å². The van der Waals surface area contributed by atoms with Crippen LogP contribution in [-0.4, -0.2) is 82.0 Å². The number of hydrogen-bond donors (Lipinski definition) is 1. The first kappa shape index (κ1) is 29.5. The fraction of sp³-hybridized carbons (Fsp3) is 0.441. The summed E-state index contributed by atoms with van der Waals surface area (Å²) in [5.41, 5.74) is 1.79. The average Bonchev–Trinajstić information content (AvgIpc) is 3.34. The van der Waals surface area contributed by atoms with Crippen molar-refractivity contribution in [1.29, 1.82) is 0 Å². The molecule has 2 fully saturated rings. The zero-order chi connectivity index (χ0) is 30.0. The molecule has 4 aliphatic rings. The Hall–Kier alpha value is -3.56. The first-order chi connectivity index (χ1) is 21.0. The summed E-state index contributed by atoms with van der Waals surface area (Å²) in [5, 5.41) is 9.02. The molecule has 6 rings (SSSR count). The Morgan fingerprint density at radius 3 is 2.42 bits per heavy atom. The molecule has 8 nitrogen and oxygen atoms in total. The number of anilines is 1. The van der Waals surface area contributed by atoms with Gasteiger partial charge in [-0.2, -0.15) is 0 Å². The highest BCUT2D eigenvalue weighted by atomic mass is 32.2. The molecule has 2 aromatic rings. The number of carbonyl (C=O) groups is 3. The third-order valence-corrected chi connectivity index (χ3v) is 10.9. The number of amides is 3. The Kier molecular flexibility index (Phi) is 8.63. The van der Waals surface area contributed by atoms with Gasteiger partial charge in [-0.3, -0.25) is 14.4 Å². The van der Waals surface area contributed by atoms with Gasteiger partial charge in [0.15, 0.2) is 0 Å². The maximum atomic E-state index is 14.6. The summed E-state index contributed by atoms with van der Waals surface area (Å²) in [7, 11) is 1.61. The Morgan fingerprint density at radius 1 is 0.907 bits per heavy atom. The quantitative estimate of drug-likeness (QED) is 0.327. The lowest BCUT2D eigenvalue weighted by molar-refractivity contribution is -0.143. The van der Waals surface area contributed by atoms with Crippen molar-refractivity contribution < 1.29 is 24.2 Å². The molecule has 0 aromatic heterocycles. The van der Waals surface area contributed by atoms with Gasteiger partial charge in [0.05, 0.1) is 23.7 Å². The average molecular weight is 602 g/mol. The number of aliphatic hydroxyl groups is 1. The van der Waals surface area contributed by atoms with Gasteiger partial charge in [-0.15, -0.1) is 11.8 Å². The van der Waals surface area contributed by atoms with Gasteiger partial charge in [-0.25, -0.2) is 0 Å². The number of thioether (sulfide) groups is 1. The van der Waals surface area contributed by atoms with E-state index in [-0.39, 0.29) is 29.6 Å². The molecule has 1 spiro atoms. The molecule has 0 saturated carbocycles. The molecule has 1 N–H and O–H groups in total. The van der Waals surface area contributed by atoms with Gasteiger partial charge in [-0.05, 0) is 42.7 Å². The van der Waals surface area contributed by atoms with Crippen LogP contribution in [0.1, 0.15) is 31.2 Å². The van der Waals surface area contributed by atoms with Crippen LogP contribution in [0.2, 0.25) is 0 Å². The summed E-state index contributed by atoms with van der Waals surface area (Å²) in [4.78, 5) is 48.7. The van der Waals surface area contributed by atoms with Crippen LogP contribution in [0, 0.1) is 11.8 Å². The van der Waals surface area contributed by atoms with Crippen LogP contribution in [0.4, 0.5) is 5.69 Å². The second-order valence-corrected chi connectivity index (χ2v) is 13.2. The summed E-state index contributed by atoms with van der Waals surface area (Å²) in [6.45, 7) is 1.94. The minimum absolute atomic E-state index is 0.0257. The van der Waals surface area contributed by atoms with Gasteiger partial charge in [0.2, 0.25) is 11.8 Å². The van der Waals surface area contributed by atoms with E-state index in [1.807, 2.05) is 71.6 Å². The minimum Gasteiger partial charge on any atom is -0.497 e. The highest BCUT2D eigenvalue weighted by molar-refractivity contribution is 8.02. The zero-order valence-corrected chi connectivity index (χ0v) is 25.3. The van der Waals surface area contributed by atoms with Crippen molar-refractivity contribution in [1.82, 2.24) is 9.80 Å². The van der Waals surface area contributed by atoms with Gasteiger partial charge >= 0.3 is 0 Å². The molecule has 1 unspecified atom stereocenters. The molecular weight excluding hydrogens is 562 g/mol. The largest absolute Gasteiger partial charge is 0.497 e. The van der Waals surface area contributed by atoms with Crippen molar-refractivity contribution in [2.75, 3.05) is 38.3 Å². The molecule has 9 heteroatoms. The topological polar surface area (TPSA) is 90.4 Å². The second-order valence-electron chi connectivity index (χ2n) is 11.7. The van der Waals surface area contributed by atoms with E-state index in [0.717, 1.165) is 30.5 Å². The molecule has 43 heavy (non-hydrogen) atoms. The Bertz CT molecular complexity index is 1400. The Morgan fingerprint density at radius 2 is 1.67 bits per heavy atom. The predicted octanol–water partition coefficient (Wildman–Crippen LogP) is 4.05. The van der Waals surface area contributed by atoms with Gasteiger partial charge in [0.25, 0.3) is 5.91 Å². The van der Waals surface area contributed by atoms with Crippen molar-refractivity contribution in [2.24, 2.45) is 11.8 Å². The lowest BCUT2D eigenvalue weighted by Crippen LogP contribution is -2.53. The van der Waals surface area contributed by atoms with Crippen molar-refractivity contribution in [3.05, 3.63) is 84.5 Å². The SMILES string of the molecule is COc1ccc(N2CC=C[C@]34S[C@@H]5C=CCN(Cc6ccccc6)C(=O)[C@@H]5[C@H]3C(=O)N(CCCCCCO)C4C2=O)cc1. The summed E-state index contributed by atoms with van der Waals surface area (Å²) in [6, 6.07) is 16.6. The van der Waals surface area contributed by atoms with E-state index in [1.165, 1.54) is 0 Å². The fourth-order valence-electron chi connectivity index (χ4n) is 7.12. The van der Waals surface area contributed by atoms with E-state index in [0.29, 0.717) is 38.3 Å². The summed E-state index contributed by atoms with van der Waals surface area (Å²) < 4.78 is 4.48. The number of unbranched alkanes of at least 4 members (excludes halogenated alkanes) is 3. The number of carbonyl (C=O) groups excluding carboxylic acids is 3. The summed E-state index contributed by atoms with van der Waals surface area (Å²) in [5.74, 6) is -0.730. The fourth-order valence-corrected chi connectivity index (χ4v) is 9.12. The maximum absolute atomic E-state index is 14.6. The third-order valence-electron chi connectivity index (χ3n) is 9.15. The normalized spacial score (nSPS) is 28.0. The van der Waals surface area contributed by atoms with Crippen LogP contribution in [0.3, 0.4) is 0 Å². The molecule has 2 aromatic carbocycles. The number of nitrogens with zero attached hydrogens (tertiary/aromatic N) is 3. The maximum Gasteiger partial charge on any atom is 0.251 e. The molecule has 3 amide bonds. The monoisotopic (exact) mass is 601 g/mol. The van der Waals surface area contributed by atoms with Crippen LogP contribution >= 0.6 is 11.8 Å². The Balaban J connectivity index is 1.35. The van der Waals surface area contributed by atoms with Crippen LogP contribution in [-0.2, 0) is 20.9 Å². The standard InChI is InChI=1S/C34H39N3O5S/c1-42-26-16-14-25(15-17-26)36-21-10-18-34-29(32(40)37(30(34)33(36)41)20-7-2-3-8-22-38)28-27(43-34)13-9-19-35(31(28)39)23-24-11-5-4-6-12-24/h4-6,9-18,27-30,38H,2-3,7-8,19-23H2,1H3/t27-,28+,29+,30?,34+/m1/s1. The molecule has 0 radical (unpaired) electrons. The smallest absolute Gasteiger partial charge is 0.251 e. The number of aliphatic hydroxyl groups excluding tert-OH is 1. The van der Waals surface area contributed by atoms with E-state index in [2.05, 4.69) is 12.2 Å². The lowest BCUT2D eigenvalue weighted by Gasteiger charge is -2.35. The predicted molar refractivity (Wildman–Crippen MR) is 168 cm³/mol. The lowest BCUT2D eigenvalue weighted by atomic mass is 9.78. The zero-order valence-electron chi connectivity index (χ0n) is 24.5. The van der Waals surface area contributed by atoms with E-state index >= 15 is 0 Å². The van der Waals surface area contributed by atoms with Crippen molar-refractivity contribution in [3.8, 4) is 5.75 Å². The minimum atomic E-state index is -0.842. The first-order valence-corrected chi connectivity index (χ1v) is 16.1. The number of likely N-dealkylation sites (tertiary alicyclic amines) is 1. The number of rotatable bonds is 10. The molecule has 4 heterocycles. The first-order valence-electron chi connectivity index (χ1n) is 15.2. The highest BCUT2D eigenvalue weighted by Crippen LogP contribution is 2.61. The molecular formula is C34H39N3O5S. The van der Waals surface area contributed by atoms with Gasteiger partial charge in [0.1, 0.15) is 11.8 Å². The van der Waals surface area contributed by atoms with Gasteiger partial charge < -0.3 is 24.5 Å². The molecule has 2 saturated heterocycles. The summed E-state index contributed by atoms with van der Waals surface area (Å²) >= 11 is 1.61. The van der Waals surface area contributed by atoms with Crippen LogP contribution in [0.15, 0.2) is 78.9 Å². The second kappa shape index (κ2) is 12.6. The molecule has 4 aliphatic heterocycles. The molecule has 226 valence electrons. The van der Waals surface area contributed by atoms with Crippen molar-refractivity contribution >= 4 is 35.2 Å². The third kappa shape index (κ3) is 5.38. The molecule has 5 atom stereocenters. The number of hydrogen-bond acceptors (Lipinski definition) is 6. The molecule has 0 bridgehead atoms. The summed E-state index contributed by atoms with van der Waals surface area (Å²) in [6.07, 6.45) is 11.4. The van der Waals surface area contributed by atoms with Gasteiger partial charge in [-0.1, -0.05) is 67.5 Å². The van der Waals surface area contributed by atoms with Crippen molar-refractivity contribution in [2.45, 2.75) is 48.3 Å². The number of benzene rings is 2. The number of fused-ring (bicyclic) bond motifs is 2. The van der Waals surface area contributed by atoms with Gasteiger partial charge in [0, 0.05) is 43.7 Å². The van der Waals surface area contributed by atoms with E-state index in [4.69, 9.17) is 4.74 Å². The van der Waals surface area contributed by atoms with E-state index < -0.39 is 22.6 Å². The highest BCUT2D eigenvalue weighted by Gasteiger charge is 2.70. The van der Waals surface area contributed by atoms with Crippen LogP contribution < -0.4 is 9.64 Å². The van der Waals surface area contributed by atoms with Crippen LogP contribution in [0.5, 0.6) is 5.75 Å². The number of ether oxygens (including phenoxy) is 1. The van der Waals surface area contributed by atoms with Crippen molar-refractivity contribution in [3.63, 3.8) is 0 Å². The molecule has 0 aliphatic carbocycles. The van der Waals surface area contributed by atoms with Crippen LogP contribution in [0.25, 0.3) is 0 Å². The Labute approximate surface area is 257 Å².